The molecule has 1 aromatic carbocycles. The second-order valence-electron chi connectivity index (χ2n) is 12.5. The van der Waals surface area contributed by atoms with Gasteiger partial charge in [-0.3, -0.25) is 22.9 Å². The predicted octanol–water partition coefficient (Wildman–Crippen LogP) is 4.51. The fourth-order valence-corrected chi connectivity index (χ4v) is 9.65. The van der Waals surface area contributed by atoms with Crippen LogP contribution >= 0.6 is 0 Å². The maximum absolute atomic E-state index is 13.5. The first-order chi connectivity index (χ1) is 17.6. The van der Waals surface area contributed by atoms with Gasteiger partial charge in [0.1, 0.15) is 0 Å². The first kappa shape index (κ1) is 27.6. The van der Waals surface area contributed by atoms with Crippen LogP contribution in [0.4, 0.5) is 0 Å². The molecule has 5 rings (SSSR count). The SMILES string of the molecule is CC1(C)C2CCC1(COS(=O)O)C(=O)/C2=C\c1ccc(/C=C2\C(=O)C3(CS(=O)(=O)O)CCC2C3(C)C)cc1. The van der Waals surface area contributed by atoms with E-state index in [9.17, 15) is 26.8 Å². The molecule has 4 fully saturated rings. The summed E-state index contributed by atoms with van der Waals surface area (Å²) in [6.45, 7) is 7.77. The average molecular weight is 563 g/mol. The van der Waals surface area contributed by atoms with Crippen LogP contribution in [0.25, 0.3) is 12.2 Å². The van der Waals surface area contributed by atoms with Crippen molar-refractivity contribution >= 4 is 45.2 Å². The van der Waals surface area contributed by atoms with E-state index in [0.29, 0.717) is 30.4 Å². The van der Waals surface area contributed by atoms with E-state index in [0.717, 1.165) is 17.5 Å². The first-order valence-electron chi connectivity index (χ1n) is 12.9. The number of Topliss-reactive ketones (excluding diaryl/α,β-unsaturated/α-hetero) is 2. The molecule has 4 bridgehead atoms. The van der Waals surface area contributed by atoms with Crippen molar-refractivity contribution < 1.29 is 35.5 Å². The van der Waals surface area contributed by atoms with E-state index in [2.05, 4.69) is 0 Å². The third-order valence-corrected chi connectivity index (χ3v) is 11.7. The van der Waals surface area contributed by atoms with E-state index in [4.69, 9.17) is 8.74 Å². The molecular formula is C28H34O8S2. The van der Waals surface area contributed by atoms with Gasteiger partial charge in [-0.25, -0.2) is 0 Å². The fraction of sp³-hybridized carbons (Fsp3) is 0.571. The van der Waals surface area contributed by atoms with Gasteiger partial charge in [0.2, 0.25) is 0 Å². The highest BCUT2D eigenvalue weighted by atomic mass is 32.2. The Hall–Kier alpha value is -1.98. The van der Waals surface area contributed by atoms with Crippen LogP contribution in [0.2, 0.25) is 0 Å². The van der Waals surface area contributed by atoms with E-state index >= 15 is 0 Å². The molecule has 38 heavy (non-hydrogen) atoms. The number of hydrogen-bond acceptors (Lipinski definition) is 6. The Bertz CT molecular complexity index is 1400. The Kier molecular flexibility index (Phi) is 6.36. The lowest BCUT2D eigenvalue weighted by Gasteiger charge is -2.34. The second kappa shape index (κ2) is 8.76. The minimum atomic E-state index is -4.32. The number of allylic oxidation sites excluding steroid dienone is 2. The van der Waals surface area contributed by atoms with Crippen LogP contribution in [0, 0.1) is 33.5 Å². The van der Waals surface area contributed by atoms with Crippen molar-refractivity contribution in [3.8, 4) is 0 Å². The van der Waals surface area contributed by atoms with E-state index in [-0.39, 0.29) is 30.0 Å². The molecule has 8 nitrogen and oxygen atoms in total. The summed E-state index contributed by atoms with van der Waals surface area (Å²) in [7, 11) is -4.32. The Morgan fingerprint density at radius 2 is 1.32 bits per heavy atom. The summed E-state index contributed by atoms with van der Waals surface area (Å²) in [6, 6.07) is 7.51. The number of hydrogen-bond donors (Lipinski definition) is 2. The van der Waals surface area contributed by atoms with Crippen LogP contribution in [0.15, 0.2) is 35.4 Å². The Morgan fingerprint density at radius 3 is 1.76 bits per heavy atom. The van der Waals surface area contributed by atoms with Crippen molar-refractivity contribution in [2.45, 2.75) is 53.4 Å². The third-order valence-electron chi connectivity index (χ3n) is 10.5. The molecule has 4 aliphatic rings. The molecule has 0 aromatic heterocycles. The standard InChI is InChI=1S/C28H34O8S2/c1-25(2)21-9-11-27(25,15-36-37(31)32)23(29)19(21)13-17-5-7-18(8-6-17)14-20-22-10-12-28(24(20)30,26(22,3)4)16-38(33,34)35/h5-8,13-14,21-22H,9-12,15-16H2,1-4H3,(H,31,32)(H,33,34,35)/b19-13-,20-14-. The molecule has 5 unspecified atom stereocenters. The second-order valence-corrected chi connectivity index (χ2v) is 14.6. The summed E-state index contributed by atoms with van der Waals surface area (Å²) in [6.07, 6.45) is 6.27. The normalized spacial score (nSPS) is 36.1. The molecule has 5 atom stereocenters. The maximum atomic E-state index is 13.5. The topological polar surface area (TPSA) is 135 Å². The summed E-state index contributed by atoms with van der Waals surface area (Å²) in [5, 5.41) is 0. The molecule has 4 aliphatic carbocycles. The molecule has 0 heterocycles. The Labute approximate surface area is 226 Å². The van der Waals surface area contributed by atoms with Gasteiger partial charge in [0.15, 0.2) is 11.6 Å². The number of benzene rings is 1. The molecule has 0 aliphatic heterocycles. The largest absolute Gasteiger partial charge is 0.301 e. The molecule has 4 saturated carbocycles. The smallest absolute Gasteiger partial charge is 0.294 e. The summed E-state index contributed by atoms with van der Waals surface area (Å²) < 4.78 is 58.4. The number of carbonyl (C=O) groups is 2. The Balaban J connectivity index is 1.41. The molecule has 2 N–H and O–H groups in total. The van der Waals surface area contributed by atoms with E-state index in [1.54, 1.807) is 0 Å². The lowest BCUT2D eigenvalue weighted by Crippen LogP contribution is -2.42. The predicted molar refractivity (Wildman–Crippen MR) is 143 cm³/mol. The van der Waals surface area contributed by atoms with Gasteiger partial charge in [0, 0.05) is 11.1 Å². The fourth-order valence-electron chi connectivity index (χ4n) is 8.07. The van der Waals surface area contributed by atoms with Crippen LogP contribution in [0.3, 0.4) is 0 Å². The van der Waals surface area contributed by atoms with Gasteiger partial charge in [-0.1, -0.05) is 52.0 Å². The first-order valence-corrected chi connectivity index (χ1v) is 15.5. The summed E-state index contributed by atoms with van der Waals surface area (Å²) in [5.74, 6) is -0.846. The molecular weight excluding hydrogens is 528 g/mol. The van der Waals surface area contributed by atoms with Crippen molar-refractivity contribution in [3.05, 3.63) is 46.5 Å². The summed E-state index contributed by atoms with van der Waals surface area (Å²) >= 11 is -2.43. The van der Waals surface area contributed by atoms with Crippen LogP contribution in [0.5, 0.6) is 0 Å². The van der Waals surface area contributed by atoms with Gasteiger partial charge in [0.05, 0.1) is 23.2 Å². The van der Waals surface area contributed by atoms with Gasteiger partial charge in [-0.2, -0.15) is 12.6 Å². The molecule has 10 heteroatoms. The van der Waals surface area contributed by atoms with Crippen LogP contribution in [0.1, 0.15) is 64.5 Å². The molecule has 0 amide bonds. The number of rotatable bonds is 7. The van der Waals surface area contributed by atoms with Gasteiger partial charge in [-0.15, -0.1) is 0 Å². The number of carbonyl (C=O) groups excluding carboxylic acids is 2. The van der Waals surface area contributed by atoms with E-state index < -0.39 is 48.9 Å². The minimum absolute atomic E-state index is 0.0282. The zero-order valence-corrected chi connectivity index (χ0v) is 23.7. The maximum Gasteiger partial charge on any atom is 0.301 e. The van der Waals surface area contributed by atoms with Crippen molar-refractivity contribution in [2.24, 2.45) is 33.5 Å². The lowest BCUT2D eigenvalue weighted by atomic mass is 9.69. The monoisotopic (exact) mass is 562 g/mol. The molecule has 206 valence electrons. The van der Waals surface area contributed by atoms with Crippen molar-refractivity contribution in [1.29, 1.82) is 0 Å². The molecule has 0 radical (unpaired) electrons. The van der Waals surface area contributed by atoms with Gasteiger partial charge in [0.25, 0.3) is 10.1 Å². The highest BCUT2D eigenvalue weighted by Crippen LogP contribution is 2.67. The highest BCUT2D eigenvalue weighted by Gasteiger charge is 2.68. The van der Waals surface area contributed by atoms with Crippen molar-refractivity contribution in [3.63, 3.8) is 0 Å². The highest BCUT2D eigenvalue weighted by molar-refractivity contribution is 7.85. The van der Waals surface area contributed by atoms with E-state index in [1.165, 1.54) is 0 Å². The molecule has 1 aromatic rings. The van der Waals surface area contributed by atoms with Crippen molar-refractivity contribution in [1.82, 2.24) is 0 Å². The average Bonchev–Trinajstić information content (AvgIpc) is 3.32. The van der Waals surface area contributed by atoms with Gasteiger partial charge in [-0.05, 0) is 71.6 Å². The van der Waals surface area contributed by atoms with Gasteiger partial charge < -0.3 is 0 Å². The quantitative estimate of drug-likeness (QED) is 0.282. The lowest BCUT2D eigenvalue weighted by molar-refractivity contribution is -0.128. The zero-order chi connectivity index (χ0) is 27.9. The third kappa shape index (κ3) is 3.86. The number of ketones is 2. The minimum Gasteiger partial charge on any atom is -0.294 e. The van der Waals surface area contributed by atoms with Crippen LogP contribution in [-0.4, -0.2) is 45.7 Å². The summed E-state index contributed by atoms with van der Waals surface area (Å²) in [5.41, 5.74) is 0.0395. The zero-order valence-electron chi connectivity index (χ0n) is 22.0. The molecule has 0 saturated heterocycles. The number of fused-ring (bicyclic) bond motifs is 4. The van der Waals surface area contributed by atoms with Crippen molar-refractivity contribution in [2.75, 3.05) is 12.4 Å². The van der Waals surface area contributed by atoms with Gasteiger partial charge >= 0.3 is 11.4 Å². The Morgan fingerprint density at radius 1 is 0.895 bits per heavy atom. The molecule has 0 spiro atoms. The van der Waals surface area contributed by atoms with E-state index in [1.807, 2.05) is 64.1 Å². The summed E-state index contributed by atoms with van der Waals surface area (Å²) in [4.78, 5) is 26.9. The van der Waals surface area contributed by atoms with Crippen LogP contribution in [-0.2, 0) is 35.3 Å². The van der Waals surface area contributed by atoms with Crippen LogP contribution < -0.4 is 0 Å².